The first-order valence-electron chi connectivity index (χ1n) is 5.55. The van der Waals surface area contributed by atoms with Gasteiger partial charge in [-0.3, -0.25) is 4.79 Å². The monoisotopic (exact) mass is 240 g/mol. The molecule has 3 heteroatoms. The van der Waals surface area contributed by atoms with Gasteiger partial charge in [0.05, 0.1) is 0 Å². The molecule has 0 aromatic heterocycles. The van der Waals surface area contributed by atoms with Crippen LogP contribution in [0.1, 0.15) is 6.92 Å². The first-order chi connectivity index (χ1) is 8.68. The van der Waals surface area contributed by atoms with E-state index in [1.165, 1.54) is 6.92 Å². The smallest absolute Gasteiger partial charge is 0.379 e. The average Bonchev–Trinajstić information content (AvgIpc) is 2.40. The Bertz CT molecular complexity index is 573. The van der Waals surface area contributed by atoms with Crippen molar-refractivity contribution >= 4 is 11.8 Å². The quantitative estimate of drug-likeness (QED) is 0.470. The van der Waals surface area contributed by atoms with Crippen LogP contribution in [0.2, 0.25) is 0 Å². The number of ketones is 1. The van der Waals surface area contributed by atoms with E-state index in [1.807, 2.05) is 42.5 Å². The summed E-state index contributed by atoms with van der Waals surface area (Å²) < 4.78 is 5.07. The number of hydrogen-bond acceptors (Lipinski definition) is 3. The lowest BCUT2D eigenvalue weighted by atomic mass is 10.1. The molecule has 0 spiro atoms. The highest BCUT2D eigenvalue weighted by atomic mass is 16.5. The Morgan fingerprint density at radius 1 is 0.889 bits per heavy atom. The summed E-state index contributed by atoms with van der Waals surface area (Å²) in [6, 6.07) is 16.7. The van der Waals surface area contributed by atoms with Crippen molar-refractivity contribution in [3.63, 3.8) is 0 Å². The number of para-hydroxylation sites is 1. The van der Waals surface area contributed by atoms with Crippen LogP contribution in [0.3, 0.4) is 0 Å². The molecule has 0 amide bonds. The second-order valence-corrected chi connectivity index (χ2v) is 3.81. The van der Waals surface area contributed by atoms with E-state index < -0.39 is 11.8 Å². The summed E-state index contributed by atoms with van der Waals surface area (Å²) in [7, 11) is 0. The van der Waals surface area contributed by atoms with E-state index in [0.717, 1.165) is 11.1 Å². The predicted molar refractivity (Wildman–Crippen MR) is 68.2 cm³/mol. The minimum atomic E-state index is -0.849. The van der Waals surface area contributed by atoms with Crippen molar-refractivity contribution in [2.24, 2.45) is 0 Å². The summed E-state index contributed by atoms with van der Waals surface area (Å²) >= 11 is 0. The second kappa shape index (κ2) is 5.27. The summed E-state index contributed by atoms with van der Waals surface area (Å²) in [6.07, 6.45) is 0. The highest BCUT2D eigenvalue weighted by Crippen LogP contribution is 2.29. The molecule has 2 aromatic carbocycles. The number of esters is 1. The molecule has 0 N–H and O–H groups in total. The molecular formula is C15H12O3. The normalized spacial score (nSPS) is 9.83. The van der Waals surface area contributed by atoms with Gasteiger partial charge in [-0.05, 0) is 11.6 Å². The number of ether oxygens (including phenoxy) is 1. The van der Waals surface area contributed by atoms with Crippen LogP contribution >= 0.6 is 0 Å². The Hall–Kier alpha value is -2.42. The molecule has 0 fully saturated rings. The van der Waals surface area contributed by atoms with Gasteiger partial charge in [0.1, 0.15) is 5.75 Å². The molecule has 18 heavy (non-hydrogen) atoms. The summed E-state index contributed by atoms with van der Waals surface area (Å²) in [4.78, 5) is 22.2. The summed E-state index contributed by atoms with van der Waals surface area (Å²) in [5.41, 5.74) is 1.72. The van der Waals surface area contributed by atoms with Crippen LogP contribution in [0.15, 0.2) is 54.6 Å². The highest BCUT2D eigenvalue weighted by molar-refractivity contribution is 6.33. The fourth-order valence-corrected chi connectivity index (χ4v) is 1.58. The lowest BCUT2D eigenvalue weighted by Gasteiger charge is -2.08. The Morgan fingerprint density at radius 3 is 2.17 bits per heavy atom. The fraction of sp³-hybridized carbons (Fsp3) is 0.0667. The van der Waals surface area contributed by atoms with E-state index in [2.05, 4.69) is 0 Å². The third-order valence-electron chi connectivity index (χ3n) is 2.46. The van der Waals surface area contributed by atoms with Crippen molar-refractivity contribution in [1.29, 1.82) is 0 Å². The molecule has 0 unspecified atom stereocenters. The molecule has 3 nitrogen and oxygen atoms in total. The SMILES string of the molecule is CC(=O)C(=O)Oc1ccccc1-c1ccccc1. The number of rotatable bonds is 3. The zero-order chi connectivity index (χ0) is 13.0. The Balaban J connectivity index is 2.38. The maximum Gasteiger partial charge on any atom is 0.379 e. The maximum atomic E-state index is 11.3. The van der Waals surface area contributed by atoms with Gasteiger partial charge in [0.15, 0.2) is 0 Å². The molecule has 0 atom stereocenters. The zero-order valence-electron chi connectivity index (χ0n) is 9.92. The number of carbonyl (C=O) groups is 2. The van der Waals surface area contributed by atoms with Crippen LogP contribution in [0.25, 0.3) is 11.1 Å². The number of carbonyl (C=O) groups excluding carboxylic acids is 2. The van der Waals surface area contributed by atoms with Crippen molar-refractivity contribution in [2.75, 3.05) is 0 Å². The first kappa shape index (κ1) is 12.0. The predicted octanol–water partition coefficient (Wildman–Crippen LogP) is 2.85. The van der Waals surface area contributed by atoms with Crippen LogP contribution in [-0.2, 0) is 9.59 Å². The molecule has 0 aliphatic carbocycles. The summed E-state index contributed by atoms with van der Waals surface area (Å²) in [6.45, 7) is 1.19. The largest absolute Gasteiger partial charge is 0.420 e. The minimum absolute atomic E-state index is 0.393. The number of hydrogen-bond donors (Lipinski definition) is 0. The molecule has 0 aliphatic heterocycles. The van der Waals surface area contributed by atoms with Crippen LogP contribution in [0, 0.1) is 0 Å². The molecule has 90 valence electrons. The zero-order valence-corrected chi connectivity index (χ0v) is 9.92. The van der Waals surface area contributed by atoms with Crippen LogP contribution in [-0.4, -0.2) is 11.8 Å². The lowest BCUT2D eigenvalue weighted by molar-refractivity contribution is -0.146. The lowest BCUT2D eigenvalue weighted by Crippen LogP contribution is -2.17. The van der Waals surface area contributed by atoms with Gasteiger partial charge in [0, 0.05) is 12.5 Å². The second-order valence-electron chi connectivity index (χ2n) is 3.81. The van der Waals surface area contributed by atoms with E-state index in [4.69, 9.17) is 4.74 Å². The van der Waals surface area contributed by atoms with Gasteiger partial charge in [-0.1, -0.05) is 48.5 Å². The van der Waals surface area contributed by atoms with Gasteiger partial charge in [-0.25, -0.2) is 4.79 Å². The standard InChI is InChI=1S/C15H12O3/c1-11(16)15(17)18-14-10-6-5-9-13(14)12-7-3-2-4-8-12/h2-10H,1H3. The molecular weight excluding hydrogens is 228 g/mol. The molecule has 0 heterocycles. The van der Waals surface area contributed by atoms with Crippen LogP contribution < -0.4 is 4.74 Å². The van der Waals surface area contributed by atoms with Crippen LogP contribution in [0.5, 0.6) is 5.75 Å². The third kappa shape index (κ3) is 2.63. The van der Waals surface area contributed by atoms with Gasteiger partial charge in [-0.2, -0.15) is 0 Å². The summed E-state index contributed by atoms with van der Waals surface area (Å²) in [5.74, 6) is -1.07. The van der Waals surface area contributed by atoms with Crippen LogP contribution in [0.4, 0.5) is 0 Å². The average molecular weight is 240 g/mol. The van der Waals surface area contributed by atoms with Crippen molar-refractivity contribution in [3.05, 3.63) is 54.6 Å². The van der Waals surface area contributed by atoms with E-state index in [0.29, 0.717) is 5.75 Å². The van der Waals surface area contributed by atoms with Gasteiger partial charge < -0.3 is 4.74 Å². The molecule has 0 bridgehead atoms. The highest BCUT2D eigenvalue weighted by Gasteiger charge is 2.13. The minimum Gasteiger partial charge on any atom is -0.420 e. The molecule has 2 aromatic rings. The third-order valence-corrected chi connectivity index (χ3v) is 2.46. The van der Waals surface area contributed by atoms with Crippen molar-refractivity contribution < 1.29 is 14.3 Å². The van der Waals surface area contributed by atoms with Gasteiger partial charge in [-0.15, -0.1) is 0 Å². The van der Waals surface area contributed by atoms with E-state index in [1.54, 1.807) is 12.1 Å². The molecule has 0 aliphatic rings. The van der Waals surface area contributed by atoms with Crippen molar-refractivity contribution in [3.8, 4) is 16.9 Å². The van der Waals surface area contributed by atoms with Gasteiger partial charge in [0.2, 0.25) is 5.78 Å². The number of Topliss-reactive ketones (excluding diaryl/α,β-unsaturated/α-hetero) is 1. The Kier molecular flexibility index (Phi) is 3.53. The molecule has 0 saturated carbocycles. The molecule has 0 saturated heterocycles. The topological polar surface area (TPSA) is 43.4 Å². The number of benzene rings is 2. The molecule has 0 radical (unpaired) electrons. The van der Waals surface area contributed by atoms with E-state index in [9.17, 15) is 9.59 Å². The summed E-state index contributed by atoms with van der Waals surface area (Å²) in [5, 5.41) is 0. The first-order valence-corrected chi connectivity index (χ1v) is 5.55. The van der Waals surface area contributed by atoms with Crippen molar-refractivity contribution in [2.45, 2.75) is 6.92 Å². The Morgan fingerprint density at radius 2 is 1.50 bits per heavy atom. The molecule has 2 rings (SSSR count). The fourth-order valence-electron chi connectivity index (χ4n) is 1.58. The van der Waals surface area contributed by atoms with E-state index >= 15 is 0 Å². The van der Waals surface area contributed by atoms with E-state index in [-0.39, 0.29) is 0 Å². The Labute approximate surface area is 105 Å². The maximum absolute atomic E-state index is 11.3. The van der Waals surface area contributed by atoms with Gasteiger partial charge in [0.25, 0.3) is 0 Å². The van der Waals surface area contributed by atoms with Crippen molar-refractivity contribution in [1.82, 2.24) is 0 Å². The van der Waals surface area contributed by atoms with Gasteiger partial charge >= 0.3 is 5.97 Å².